The zero-order chi connectivity index (χ0) is 17.5. The Morgan fingerprint density at radius 3 is 2.32 bits per heavy atom. The molecule has 0 saturated heterocycles. The third-order valence-corrected chi connectivity index (χ3v) is 5.55. The minimum atomic E-state index is 0.106. The molecular weight excluding hydrogens is 328 g/mol. The standard InChI is InChI=1S/C23H25ClO/c24-22-13-7-10-19(15-14-18-8-3-1-4-9-18)16-17-21(22)23(25)20-11-5-2-6-12-20/h1-6,8-9,11-12,19H,7,10,13-17H2/b22-21-. The molecule has 3 rings (SSSR count). The van der Waals surface area contributed by atoms with Crippen molar-refractivity contribution in [2.45, 2.75) is 44.9 Å². The van der Waals surface area contributed by atoms with Crippen LogP contribution in [0.25, 0.3) is 0 Å². The summed E-state index contributed by atoms with van der Waals surface area (Å²) in [7, 11) is 0. The Morgan fingerprint density at radius 1 is 0.920 bits per heavy atom. The SMILES string of the molecule is O=C(/C1=C(\Cl)CCCC(CCc2ccccc2)CC1)c1ccccc1. The summed E-state index contributed by atoms with van der Waals surface area (Å²) in [6.07, 6.45) is 7.26. The van der Waals surface area contributed by atoms with E-state index in [9.17, 15) is 4.79 Å². The van der Waals surface area contributed by atoms with Crippen LogP contribution in [0, 0.1) is 5.92 Å². The summed E-state index contributed by atoms with van der Waals surface area (Å²) in [6, 6.07) is 20.2. The molecule has 0 bridgehead atoms. The lowest BCUT2D eigenvalue weighted by Gasteiger charge is -2.21. The number of hydrogen-bond donors (Lipinski definition) is 0. The van der Waals surface area contributed by atoms with Gasteiger partial charge in [0.05, 0.1) is 0 Å². The van der Waals surface area contributed by atoms with E-state index < -0.39 is 0 Å². The van der Waals surface area contributed by atoms with Crippen molar-refractivity contribution in [2.24, 2.45) is 5.92 Å². The Labute approximate surface area is 155 Å². The maximum atomic E-state index is 12.8. The van der Waals surface area contributed by atoms with Gasteiger partial charge in [0, 0.05) is 16.2 Å². The number of Topliss-reactive ketones (excluding diaryl/α,β-unsaturated/α-hetero) is 1. The molecule has 2 aromatic carbocycles. The van der Waals surface area contributed by atoms with Crippen LogP contribution in [0.1, 0.15) is 54.4 Å². The van der Waals surface area contributed by atoms with Crippen molar-refractivity contribution in [3.05, 3.63) is 82.4 Å². The van der Waals surface area contributed by atoms with E-state index in [0.717, 1.165) is 48.3 Å². The topological polar surface area (TPSA) is 17.1 Å². The summed E-state index contributed by atoms with van der Waals surface area (Å²) in [6.45, 7) is 0. The van der Waals surface area contributed by atoms with Gasteiger partial charge in [-0.15, -0.1) is 0 Å². The molecule has 0 aliphatic heterocycles. The Balaban J connectivity index is 1.64. The smallest absolute Gasteiger partial charge is 0.190 e. The third-order valence-electron chi connectivity index (χ3n) is 5.13. The van der Waals surface area contributed by atoms with Gasteiger partial charge < -0.3 is 0 Å². The zero-order valence-electron chi connectivity index (χ0n) is 14.6. The third kappa shape index (κ3) is 5.06. The van der Waals surface area contributed by atoms with E-state index in [1.165, 1.54) is 18.4 Å². The average Bonchev–Trinajstić information content (AvgIpc) is 2.65. The minimum Gasteiger partial charge on any atom is -0.289 e. The quantitative estimate of drug-likeness (QED) is 0.556. The lowest BCUT2D eigenvalue weighted by atomic mass is 9.85. The predicted octanol–water partition coefficient (Wildman–Crippen LogP) is 6.58. The van der Waals surface area contributed by atoms with Crippen molar-refractivity contribution in [1.29, 1.82) is 0 Å². The summed E-state index contributed by atoms with van der Waals surface area (Å²) in [4.78, 5) is 12.8. The van der Waals surface area contributed by atoms with Gasteiger partial charge in [-0.1, -0.05) is 78.7 Å². The lowest BCUT2D eigenvalue weighted by Crippen LogP contribution is -2.12. The number of ketones is 1. The van der Waals surface area contributed by atoms with Crippen molar-refractivity contribution >= 4 is 17.4 Å². The number of rotatable bonds is 5. The molecular formula is C23H25ClO. The van der Waals surface area contributed by atoms with Gasteiger partial charge in [-0.3, -0.25) is 4.79 Å². The molecule has 130 valence electrons. The summed E-state index contributed by atoms with van der Waals surface area (Å²) in [5.41, 5.74) is 2.98. The van der Waals surface area contributed by atoms with E-state index in [4.69, 9.17) is 11.6 Å². The second kappa shape index (κ2) is 9.01. The molecule has 0 amide bonds. The number of hydrogen-bond acceptors (Lipinski definition) is 1. The fourth-order valence-electron chi connectivity index (χ4n) is 3.63. The molecule has 1 aliphatic carbocycles. The van der Waals surface area contributed by atoms with Crippen molar-refractivity contribution < 1.29 is 4.79 Å². The molecule has 2 heteroatoms. The van der Waals surface area contributed by atoms with Crippen molar-refractivity contribution in [3.63, 3.8) is 0 Å². The lowest BCUT2D eigenvalue weighted by molar-refractivity contribution is 0.102. The van der Waals surface area contributed by atoms with Gasteiger partial charge in [0.25, 0.3) is 0 Å². The van der Waals surface area contributed by atoms with Crippen molar-refractivity contribution in [2.75, 3.05) is 0 Å². The van der Waals surface area contributed by atoms with E-state index in [0.29, 0.717) is 5.92 Å². The van der Waals surface area contributed by atoms with Gasteiger partial charge in [0.1, 0.15) is 0 Å². The van der Waals surface area contributed by atoms with E-state index in [1.54, 1.807) is 0 Å². The number of carbonyl (C=O) groups excluding carboxylic acids is 1. The van der Waals surface area contributed by atoms with Crippen LogP contribution >= 0.6 is 11.6 Å². The Kier molecular flexibility index (Phi) is 6.47. The van der Waals surface area contributed by atoms with Crippen LogP contribution in [0.5, 0.6) is 0 Å². The first-order chi connectivity index (χ1) is 12.2. The second-order valence-electron chi connectivity index (χ2n) is 6.90. The Morgan fingerprint density at radius 2 is 1.60 bits per heavy atom. The molecule has 1 atom stereocenters. The predicted molar refractivity (Wildman–Crippen MR) is 105 cm³/mol. The molecule has 1 nitrogen and oxygen atoms in total. The largest absolute Gasteiger partial charge is 0.289 e. The highest BCUT2D eigenvalue weighted by atomic mass is 35.5. The van der Waals surface area contributed by atoms with Gasteiger partial charge in [-0.05, 0) is 50.0 Å². The molecule has 25 heavy (non-hydrogen) atoms. The molecule has 2 aromatic rings. The van der Waals surface area contributed by atoms with Crippen LogP contribution in [0.15, 0.2) is 71.3 Å². The number of halogens is 1. The maximum Gasteiger partial charge on any atom is 0.190 e. The number of allylic oxidation sites excluding steroid dienone is 2. The van der Waals surface area contributed by atoms with E-state index in [1.807, 2.05) is 30.3 Å². The first kappa shape index (κ1) is 17.9. The Hall–Kier alpha value is -1.86. The van der Waals surface area contributed by atoms with Gasteiger partial charge in [-0.25, -0.2) is 0 Å². The molecule has 0 fully saturated rings. The molecule has 0 heterocycles. The zero-order valence-corrected chi connectivity index (χ0v) is 15.3. The number of aryl methyl sites for hydroxylation is 1. The van der Waals surface area contributed by atoms with Gasteiger partial charge in [0.2, 0.25) is 0 Å². The van der Waals surface area contributed by atoms with Crippen molar-refractivity contribution in [1.82, 2.24) is 0 Å². The highest BCUT2D eigenvalue weighted by Gasteiger charge is 2.21. The molecule has 0 radical (unpaired) electrons. The fourth-order valence-corrected chi connectivity index (χ4v) is 3.94. The van der Waals surface area contributed by atoms with Crippen molar-refractivity contribution in [3.8, 4) is 0 Å². The number of carbonyl (C=O) groups is 1. The average molecular weight is 353 g/mol. The maximum absolute atomic E-state index is 12.8. The highest BCUT2D eigenvalue weighted by molar-refractivity contribution is 6.32. The summed E-state index contributed by atoms with van der Waals surface area (Å²) >= 11 is 6.48. The molecule has 0 N–H and O–H groups in total. The summed E-state index contributed by atoms with van der Waals surface area (Å²) in [5, 5.41) is 0.773. The highest BCUT2D eigenvalue weighted by Crippen LogP contribution is 2.32. The summed E-state index contributed by atoms with van der Waals surface area (Å²) in [5.74, 6) is 0.776. The monoisotopic (exact) mass is 352 g/mol. The van der Waals surface area contributed by atoms with E-state index in [-0.39, 0.29) is 5.78 Å². The Bertz CT molecular complexity index is 718. The van der Waals surface area contributed by atoms with Crippen LogP contribution < -0.4 is 0 Å². The summed E-state index contributed by atoms with van der Waals surface area (Å²) < 4.78 is 0. The van der Waals surface area contributed by atoms with E-state index >= 15 is 0 Å². The van der Waals surface area contributed by atoms with Crippen LogP contribution in [0.2, 0.25) is 0 Å². The normalized spacial score (nSPS) is 21.4. The fraction of sp³-hybridized carbons (Fsp3) is 0.348. The molecule has 1 aliphatic rings. The van der Waals surface area contributed by atoms with Gasteiger partial charge >= 0.3 is 0 Å². The minimum absolute atomic E-state index is 0.106. The van der Waals surface area contributed by atoms with E-state index in [2.05, 4.69) is 30.3 Å². The molecule has 0 aromatic heterocycles. The van der Waals surface area contributed by atoms with Crippen LogP contribution in [-0.4, -0.2) is 5.78 Å². The van der Waals surface area contributed by atoms with Crippen LogP contribution in [-0.2, 0) is 6.42 Å². The molecule has 0 spiro atoms. The van der Waals surface area contributed by atoms with Gasteiger partial charge in [0.15, 0.2) is 5.78 Å². The molecule has 1 unspecified atom stereocenters. The second-order valence-corrected chi connectivity index (χ2v) is 7.36. The van der Waals surface area contributed by atoms with Crippen LogP contribution in [0.4, 0.5) is 0 Å². The van der Waals surface area contributed by atoms with Gasteiger partial charge in [-0.2, -0.15) is 0 Å². The molecule has 0 saturated carbocycles. The first-order valence-corrected chi connectivity index (χ1v) is 9.63. The van der Waals surface area contributed by atoms with Crippen LogP contribution in [0.3, 0.4) is 0 Å². The first-order valence-electron chi connectivity index (χ1n) is 9.25. The number of benzene rings is 2.